The fraction of sp³-hybridized carbons (Fsp3) is 0.0667. The van der Waals surface area contributed by atoms with Crippen molar-refractivity contribution in [3.63, 3.8) is 0 Å². The predicted octanol–water partition coefficient (Wildman–Crippen LogP) is 3.50. The zero-order chi connectivity index (χ0) is 15.6. The highest BCUT2D eigenvalue weighted by Crippen LogP contribution is 2.23. The molecule has 1 amide bonds. The van der Waals surface area contributed by atoms with Crippen LogP contribution < -0.4 is 10.6 Å². The van der Waals surface area contributed by atoms with E-state index in [1.54, 1.807) is 37.4 Å². The number of hydrogen-bond acceptors (Lipinski definition) is 2. The summed E-state index contributed by atoms with van der Waals surface area (Å²) in [5, 5.41) is 0. The molecule has 0 heterocycles. The van der Waals surface area contributed by atoms with Gasteiger partial charge in [-0.3, -0.25) is 4.79 Å². The van der Waals surface area contributed by atoms with Crippen molar-refractivity contribution in [1.82, 2.24) is 0 Å². The molecular formula is C15H12BrFN2OS. The third-order valence-electron chi connectivity index (χ3n) is 3.00. The van der Waals surface area contributed by atoms with E-state index in [4.69, 9.17) is 18.0 Å². The zero-order valence-electron chi connectivity index (χ0n) is 11.1. The number of nitrogens with zero attached hydrogens (tertiary/aromatic N) is 1. The van der Waals surface area contributed by atoms with E-state index >= 15 is 0 Å². The number of amides is 1. The largest absolute Gasteiger partial charge is 0.389 e. The summed E-state index contributed by atoms with van der Waals surface area (Å²) < 4.78 is 14.5. The van der Waals surface area contributed by atoms with Crippen molar-refractivity contribution in [2.45, 2.75) is 0 Å². The Hall–Kier alpha value is -1.79. The maximum atomic E-state index is 13.9. The summed E-state index contributed by atoms with van der Waals surface area (Å²) >= 11 is 8.13. The normalized spacial score (nSPS) is 10.2. The third-order valence-corrected chi connectivity index (χ3v) is 3.71. The molecule has 0 aliphatic heterocycles. The summed E-state index contributed by atoms with van der Waals surface area (Å²) in [6, 6.07) is 11.3. The molecule has 0 bridgehead atoms. The van der Waals surface area contributed by atoms with E-state index in [-0.39, 0.29) is 10.6 Å². The molecule has 0 aromatic heterocycles. The van der Waals surface area contributed by atoms with Gasteiger partial charge in [-0.15, -0.1) is 0 Å². The summed E-state index contributed by atoms with van der Waals surface area (Å²) in [4.78, 5) is 14.0. The standard InChI is InChI=1S/C15H12BrFN2OS/c1-19(13-5-3-2-4-11(13)14(18)21)15(20)10-7-6-9(16)8-12(10)17/h2-8H,1H3,(H2,18,21). The molecule has 0 aliphatic rings. The summed E-state index contributed by atoms with van der Waals surface area (Å²) in [5.74, 6) is -1.06. The lowest BCUT2D eigenvalue weighted by Crippen LogP contribution is -2.29. The molecule has 2 rings (SSSR count). The minimum absolute atomic E-state index is 0.0153. The molecule has 2 N–H and O–H groups in total. The van der Waals surface area contributed by atoms with E-state index in [0.717, 1.165) is 0 Å². The first kappa shape index (κ1) is 15.6. The predicted molar refractivity (Wildman–Crippen MR) is 89.2 cm³/mol. The van der Waals surface area contributed by atoms with Gasteiger partial charge < -0.3 is 10.6 Å². The van der Waals surface area contributed by atoms with Gasteiger partial charge >= 0.3 is 0 Å². The van der Waals surface area contributed by atoms with Crippen LogP contribution in [0, 0.1) is 5.82 Å². The Morgan fingerprint density at radius 3 is 2.52 bits per heavy atom. The van der Waals surface area contributed by atoms with E-state index in [1.165, 1.54) is 17.0 Å². The summed E-state index contributed by atoms with van der Waals surface area (Å²) in [7, 11) is 1.56. The maximum Gasteiger partial charge on any atom is 0.261 e. The average Bonchev–Trinajstić information content (AvgIpc) is 2.45. The molecule has 0 radical (unpaired) electrons. The Labute approximate surface area is 135 Å². The van der Waals surface area contributed by atoms with Gasteiger partial charge in [0, 0.05) is 17.1 Å². The van der Waals surface area contributed by atoms with Crippen LogP contribution in [0.2, 0.25) is 0 Å². The minimum atomic E-state index is -0.589. The zero-order valence-corrected chi connectivity index (χ0v) is 13.5. The molecule has 0 saturated heterocycles. The lowest BCUT2D eigenvalue weighted by atomic mass is 10.1. The molecule has 2 aromatic carbocycles. The Bertz CT molecular complexity index is 721. The number of anilines is 1. The van der Waals surface area contributed by atoms with Gasteiger partial charge in [0.1, 0.15) is 10.8 Å². The van der Waals surface area contributed by atoms with Gasteiger partial charge in [-0.1, -0.05) is 40.3 Å². The second kappa shape index (κ2) is 6.32. The minimum Gasteiger partial charge on any atom is -0.389 e. The van der Waals surface area contributed by atoms with Crippen LogP contribution in [0.25, 0.3) is 0 Å². The first-order valence-electron chi connectivity index (χ1n) is 6.03. The van der Waals surface area contributed by atoms with Crippen LogP contribution in [0.1, 0.15) is 15.9 Å². The van der Waals surface area contributed by atoms with Crippen LogP contribution in [0.5, 0.6) is 0 Å². The Kier molecular flexibility index (Phi) is 4.69. The lowest BCUT2D eigenvalue weighted by molar-refractivity contribution is 0.0989. The molecule has 3 nitrogen and oxygen atoms in total. The molecule has 0 aliphatic carbocycles. The lowest BCUT2D eigenvalue weighted by Gasteiger charge is -2.20. The number of rotatable bonds is 3. The Morgan fingerprint density at radius 1 is 1.24 bits per heavy atom. The Balaban J connectivity index is 2.42. The number of halogens is 2. The molecule has 108 valence electrons. The number of thiocarbonyl (C=S) groups is 1. The highest BCUT2D eigenvalue weighted by Gasteiger charge is 2.20. The van der Waals surface area contributed by atoms with Gasteiger partial charge in [-0.25, -0.2) is 4.39 Å². The van der Waals surface area contributed by atoms with E-state index in [0.29, 0.717) is 15.7 Å². The van der Waals surface area contributed by atoms with Crippen LogP contribution in [0.4, 0.5) is 10.1 Å². The van der Waals surface area contributed by atoms with E-state index < -0.39 is 11.7 Å². The molecule has 0 atom stereocenters. The van der Waals surface area contributed by atoms with Crippen molar-refractivity contribution in [2.75, 3.05) is 11.9 Å². The van der Waals surface area contributed by atoms with Crippen LogP contribution in [0.3, 0.4) is 0 Å². The number of para-hydroxylation sites is 1. The highest BCUT2D eigenvalue weighted by atomic mass is 79.9. The quantitative estimate of drug-likeness (QED) is 0.845. The molecule has 0 unspecified atom stereocenters. The molecule has 21 heavy (non-hydrogen) atoms. The van der Waals surface area contributed by atoms with Gasteiger partial charge in [0.2, 0.25) is 0 Å². The average molecular weight is 367 g/mol. The van der Waals surface area contributed by atoms with Crippen molar-refractivity contribution >= 4 is 44.7 Å². The van der Waals surface area contributed by atoms with Gasteiger partial charge in [0.05, 0.1) is 11.3 Å². The number of carbonyl (C=O) groups excluding carboxylic acids is 1. The number of carbonyl (C=O) groups is 1. The summed E-state index contributed by atoms with van der Waals surface area (Å²) in [5.41, 5.74) is 6.75. The number of benzene rings is 2. The van der Waals surface area contributed by atoms with Crippen molar-refractivity contribution in [2.24, 2.45) is 5.73 Å². The van der Waals surface area contributed by atoms with Gasteiger partial charge in [-0.2, -0.15) is 0 Å². The third kappa shape index (κ3) is 3.28. The summed E-state index contributed by atoms with van der Waals surface area (Å²) in [6.07, 6.45) is 0. The molecule has 0 spiro atoms. The molecule has 2 aromatic rings. The van der Waals surface area contributed by atoms with Crippen LogP contribution in [-0.2, 0) is 0 Å². The van der Waals surface area contributed by atoms with Crippen LogP contribution in [0.15, 0.2) is 46.9 Å². The molecule has 6 heteroatoms. The second-order valence-corrected chi connectivity index (χ2v) is 5.73. The van der Waals surface area contributed by atoms with Gasteiger partial charge in [-0.05, 0) is 30.3 Å². The maximum absolute atomic E-state index is 13.9. The molecular weight excluding hydrogens is 355 g/mol. The van der Waals surface area contributed by atoms with E-state index in [1.807, 2.05) is 0 Å². The first-order valence-corrected chi connectivity index (χ1v) is 7.24. The number of hydrogen-bond donors (Lipinski definition) is 1. The molecule has 0 saturated carbocycles. The van der Waals surface area contributed by atoms with E-state index in [2.05, 4.69) is 15.9 Å². The van der Waals surface area contributed by atoms with Crippen LogP contribution >= 0.6 is 28.1 Å². The first-order chi connectivity index (χ1) is 9.91. The van der Waals surface area contributed by atoms with Crippen LogP contribution in [-0.4, -0.2) is 17.9 Å². The van der Waals surface area contributed by atoms with E-state index in [9.17, 15) is 9.18 Å². The highest BCUT2D eigenvalue weighted by molar-refractivity contribution is 9.10. The molecule has 0 fully saturated rings. The smallest absolute Gasteiger partial charge is 0.261 e. The fourth-order valence-electron chi connectivity index (χ4n) is 1.93. The second-order valence-electron chi connectivity index (χ2n) is 4.37. The Morgan fingerprint density at radius 2 is 1.90 bits per heavy atom. The fourth-order valence-corrected chi connectivity index (χ4v) is 2.43. The van der Waals surface area contributed by atoms with Crippen molar-refractivity contribution in [3.8, 4) is 0 Å². The summed E-state index contributed by atoms with van der Waals surface area (Å²) in [6.45, 7) is 0. The van der Waals surface area contributed by atoms with Gasteiger partial charge in [0.25, 0.3) is 5.91 Å². The number of nitrogens with two attached hydrogens (primary N) is 1. The van der Waals surface area contributed by atoms with Gasteiger partial charge in [0.15, 0.2) is 0 Å². The SMILES string of the molecule is CN(C(=O)c1ccc(Br)cc1F)c1ccccc1C(N)=S. The van der Waals surface area contributed by atoms with Crippen molar-refractivity contribution < 1.29 is 9.18 Å². The monoisotopic (exact) mass is 366 g/mol. The van der Waals surface area contributed by atoms with Crippen molar-refractivity contribution in [1.29, 1.82) is 0 Å². The van der Waals surface area contributed by atoms with Crippen molar-refractivity contribution in [3.05, 3.63) is 63.9 Å². The topological polar surface area (TPSA) is 46.3 Å².